The topological polar surface area (TPSA) is 98.9 Å². The molecule has 2 heterocycles. The van der Waals surface area contributed by atoms with E-state index in [9.17, 15) is 22.0 Å². The SMILES string of the molecule is Cn1c(-c2ccccn2)nn(CCNS(=O)(=O)c2cc(F)cc(F)c2)c1=O. The van der Waals surface area contributed by atoms with Gasteiger partial charge in [-0.1, -0.05) is 6.07 Å². The summed E-state index contributed by atoms with van der Waals surface area (Å²) in [5.74, 6) is -1.68. The smallest absolute Gasteiger partial charge is 0.277 e. The van der Waals surface area contributed by atoms with Crippen molar-refractivity contribution >= 4 is 10.0 Å². The number of benzene rings is 1. The van der Waals surface area contributed by atoms with E-state index in [1.165, 1.54) is 11.6 Å². The molecule has 0 aliphatic carbocycles. The minimum Gasteiger partial charge on any atom is -0.277 e. The summed E-state index contributed by atoms with van der Waals surface area (Å²) in [6, 6.07) is 7.15. The van der Waals surface area contributed by atoms with E-state index in [2.05, 4.69) is 14.8 Å². The lowest BCUT2D eigenvalue weighted by Gasteiger charge is -2.07. The molecule has 3 aromatic rings. The van der Waals surface area contributed by atoms with Crippen molar-refractivity contribution in [3.63, 3.8) is 0 Å². The molecule has 8 nitrogen and oxygen atoms in total. The molecule has 0 radical (unpaired) electrons. The maximum atomic E-state index is 13.2. The van der Waals surface area contributed by atoms with Crippen LogP contribution in [-0.2, 0) is 23.6 Å². The van der Waals surface area contributed by atoms with Gasteiger partial charge in [-0.2, -0.15) is 0 Å². The van der Waals surface area contributed by atoms with Gasteiger partial charge in [-0.25, -0.2) is 31.4 Å². The molecule has 0 bridgehead atoms. The molecule has 1 aromatic carbocycles. The first-order chi connectivity index (χ1) is 12.8. The molecule has 0 aliphatic heterocycles. The summed E-state index contributed by atoms with van der Waals surface area (Å²) in [5, 5.41) is 4.15. The highest BCUT2D eigenvalue weighted by atomic mass is 32.2. The molecule has 142 valence electrons. The van der Waals surface area contributed by atoms with Crippen LogP contribution in [0.3, 0.4) is 0 Å². The van der Waals surface area contributed by atoms with Gasteiger partial charge >= 0.3 is 5.69 Å². The van der Waals surface area contributed by atoms with Crippen LogP contribution in [-0.4, -0.2) is 34.3 Å². The number of nitrogens with one attached hydrogen (secondary N) is 1. The number of nitrogens with zero attached hydrogens (tertiary/aromatic N) is 4. The van der Waals surface area contributed by atoms with E-state index in [0.29, 0.717) is 29.7 Å². The minimum absolute atomic E-state index is 0.0729. The van der Waals surface area contributed by atoms with Crippen molar-refractivity contribution in [3.05, 3.63) is 64.7 Å². The van der Waals surface area contributed by atoms with Gasteiger partial charge < -0.3 is 0 Å². The molecular formula is C16H15F2N5O3S. The Morgan fingerprint density at radius 3 is 2.48 bits per heavy atom. The Morgan fingerprint density at radius 2 is 1.85 bits per heavy atom. The summed E-state index contributed by atoms with van der Waals surface area (Å²) >= 11 is 0. The van der Waals surface area contributed by atoms with Gasteiger partial charge in [0.1, 0.15) is 17.3 Å². The third kappa shape index (κ3) is 4.09. The first-order valence-corrected chi connectivity index (χ1v) is 9.27. The Kier molecular flexibility index (Phi) is 5.15. The summed E-state index contributed by atoms with van der Waals surface area (Å²) in [4.78, 5) is 15.8. The monoisotopic (exact) mass is 395 g/mol. The van der Waals surface area contributed by atoms with Crippen LogP contribution in [0, 0.1) is 11.6 Å². The quantitative estimate of drug-likeness (QED) is 0.669. The van der Waals surface area contributed by atoms with Crippen molar-refractivity contribution in [2.75, 3.05) is 6.54 Å². The predicted octanol–water partition coefficient (Wildman–Crippen LogP) is 0.900. The molecular weight excluding hydrogens is 380 g/mol. The molecule has 2 aromatic heterocycles. The lowest BCUT2D eigenvalue weighted by molar-refractivity contribution is 0.544. The fraction of sp³-hybridized carbons (Fsp3) is 0.188. The molecule has 0 saturated carbocycles. The summed E-state index contributed by atoms with van der Waals surface area (Å²) in [6.07, 6.45) is 1.56. The van der Waals surface area contributed by atoms with Gasteiger partial charge in [-0.05, 0) is 24.3 Å². The molecule has 0 atom stereocenters. The first-order valence-electron chi connectivity index (χ1n) is 7.79. The Labute approximate surface area is 153 Å². The van der Waals surface area contributed by atoms with Crippen LogP contribution in [0.1, 0.15) is 0 Å². The van der Waals surface area contributed by atoms with Crippen LogP contribution in [0.15, 0.2) is 52.3 Å². The number of hydrogen-bond donors (Lipinski definition) is 1. The maximum absolute atomic E-state index is 13.2. The minimum atomic E-state index is -4.14. The van der Waals surface area contributed by atoms with Crippen LogP contribution in [0.5, 0.6) is 0 Å². The fourth-order valence-corrected chi connectivity index (χ4v) is 3.47. The second kappa shape index (κ2) is 7.37. The molecule has 0 saturated heterocycles. The van der Waals surface area contributed by atoms with Crippen molar-refractivity contribution in [2.45, 2.75) is 11.4 Å². The van der Waals surface area contributed by atoms with Crippen molar-refractivity contribution in [3.8, 4) is 11.5 Å². The zero-order valence-electron chi connectivity index (χ0n) is 14.1. The van der Waals surface area contributed by atoms with Gasteiger partial charge in [0, 0.05) is 25.9 Å². The van der Waals surface area contributed by atoms with E-state index in [-0.39, 0.29) is 13.1 Å². The van der Waals surface area contributed by atoms with Crippen molar-refractivity contribution in [1.82, 2.24) is 24.1 Å². The van der Waals surface area contributed by atoms with E-state index in [1.54, 1.807) is 24.4 Å². The standard InChI is InChI=1S/C16H15F2N5O3S/c1-22-15(14-4-2-3-5-19-14)21-23(16(22)24)7-6-20-27(25,26)13-9-11(17)8-12(18)10-13/h2-5,8-10,20H,6-7H2,1H3. The van der Waals surface area contributed by atoms with Gasteiger partial charge in [0.15, 0.2) is 5.82 Å². The van der Waals surface area contributed by atoms with Gasteiger partial charge in [0.2, 0.25) is 10.0 Å². The Balaban J connectivity index is 1.75. The maximum Gasteiger partial charge on any atom is 0.346 e. The summed E-state index contributed by atoms with van der Waals surface area (Å²) in [5.41, 5.74) is 0.0401. The molecule has 1 N–H and O–H groups in total. The van der Waals surface area contributed by atoms with E-state index in [0.717, 1.165) is 4.68 Å². The van der Waals surface area contributed by atoms with Gasteiger partial charge in [-0.3, -0.25) is 9.55 Å². The lowest BCUT2D eigenvalue weighted by atomic mass is 10.3. The molecule has 0 fully saturated rings. The number of halogens is 2. The Bertz CT molecular complexity index is 1110. The highest BCUT2D eigenvalue weighted by Gasteiger charge is 2.17. The summed E-state index contributed by atoms with van der Waals surface area (Å²) in [7, 11) is -2.61. The van der Waals surface area contributed by atoms with Gasteiger partial charge in [0.05, 0.1) is 11.4 Å². The number of sulfonamides is 1. The highest BCUT2D eigenvalue weighted by molar-refractivity contribution is 7.89. The third-order valence-electron chi connectivity index (χ3n) is 3.70. The Morgan fingerprint density at radius 1 is 1.15 bits per heavy atom. The predicted molar refractivity (Wildman–Crippen MR) is 92.2 cm³/mol. The molecule has 0 amide bonds. The van der Waals surface area contributed by atoms with E-state index in [4.69, 9.17) is 0 Å². The van der Waals surface area contributed by atoms with E-state index in [1.807, 2.05) is 0 Å². The van der Waals surface area contributed by atoms with Gasteiger partial charge in [-0.15, -0.1) is 5.10 Å². The van der Waals surface area contributed by atoms with Crippen molar-refractivity contribution in [2.24, 2.45) is 7.05 Å². The van der Waals surface area contributed by atoms with Crippen LogP contribution in [0.25, 0.3) is 11.5 Å². The molecule has 11 heteroatoms. The van der Waals surface area contributed by atoms with E-state index < -0.39 is 32.2 Å². The van der Waals surface area contributed by atoms with E-state index >= 15 is 0 Å². The second-order valence-corrected chi connectivity index (χ2v) is 7.37. The lowest BCUT2D eigenvalue weighted by Crippen LogP contribution is -2.31. The normalized spacial score (nSPS) is 11.7. The zero-order valence-corrected chi connectivity index (χ0v) is 14.9. The van der Waals surface area contributed by atoms with Gasteiger partial charge in [0.25, 0.3) is 0 Å². The van der Waals surface area contributed by atoms with Crippen LogP contribution >= 0.6 is 0 Å². The largest absolute Gasteiger partial charge is 0.346 e. The number of pyridine rings is 1. The first kappa shape index (κ1) is 18.9. The van der Waals surface area contributed by atoms with Crippen molar-refractivity contribution in [1.29, 1.82) is 0 Å². The average molecular weight is 395 g/mol. The highest BCUT2D eigenvalue weighted by Crippen LogP contribution is 2.13. The molecule has 3 rings (SSSR count). The number of rotatable bonds is 6. The molecule has 0 unspecified atom stereocenters. The second-order valence-electron chi connectivity index (χ2n) is 5.61. The molecule has 27 heavy (non-hydrogen) atoms. The van der Waals surface area contributed by atoms with Crippen LogP contribution in [0.2, 0.25) is 0 Å². The number of aromatic nitrogens is 4. The Hall–Kier alpha value is -2.92. The van der Waals surface area contributed by atoms with Crippen LogP contribution < -0.4 is 10.4 Å². The fourth-order valence-electron chi connectivity index (χ4n) is 2.40. The van der Waals surface area contributed by atoms with Crippen LogP contribution in [0.4, 0.5) is 8.78 Å². The average Bonchev–Trinajstić information content (AvgIpc) is 2.90. The number of hydrogen-bond acceptors (Lipinski definition) is 5. The summed E-state index contributed by atoms with van der Waals surface area (Å²) < 4.78 is 55.3. The molecule has 0 spiro atoms. The summed E-state index contributed by atoms with van der Waals surface area (Å²) in [6.45, 7) is -0.268. The molecule has 0 aliphatic rings. The third-order valence-corrected chi connectivity index (χ3v) is 5.14. The zero-order chi connectivity index (χ0) is 19.6. The van der Waals surface area contributed by atoms with Crippen molar-refractivity contribution < 1.29 is 17.2 Å².